The highest BCUT2D eigenvalue weighted by Gasteiger charge is 2.47. The van der Waals surface area contributed by atoms with E-state index < -0.39 is 80.7 Å². The second kappa shape index (κ2) is 41.6. The van der Waals surface area contributed by atoms with Crippen LogP contribution in [0.15, 0.2) is 0 Å². The summed E-state index contributed by atoms with van der Waals surface area (Å²) in [7, 11) is 0. The van der Waals surface area contributed by atoms with Crippen molar-refractivity contribution in [1.82, 2.24) is 0 Å². The maximum absolute atomic E-state index is 13.0. The lowest BCUT2D eigenvalue weighted by Gasteiger charge is -2.42. The highest BCUT2D eigenvalue weighted by Crippen LogP contribution is 2.27. The van der Waals surface area contributed by atoms with Crippen LogP contribution in [0.2, 0.25) is 0 Å². The van der Waals surface area contributed by atoms with Crippen LogP contribution < -0.4 is 0 Å². The first kappa shape index (κ1) is 62.1. The van der Waals surface area contributed by atoms with Gasteiger partial charge >= 0.3 is 5.97 Å². The summed E-state index contributed by atoms with van der Waals surface area (Å²) in [6, 6.07) is 0. The lowest BCUT2D eigenvalue weighted by atomic mass is 9.98. The van der Waals surface area contributed by atoms with Gasteiger partial charge in [0.25, 0.3) is 0 Å². The fraction of sp³-hybridized carbons (Fsp3) is 0.981. The third kappa shape index (κ3) is 29.2. The molecule has 7 N–H and O–H groups in total. The number of hydrogen-bond acceptors (Lipinski definition) is 14. The van der Waals surface area contributed by atoms with Gasteiger partial charge in [0.05, 0.1) is 26.4 Å². The summed E-state index contributed by atoms with van der Waals surface area (Å²) < 4.78 is 34.4. The summed E-state index contributed by atoms with van der Waals surface area (Å²) in [5.41, 5.74) is 0. The van der Waals surface area contributed by atoms with E-state index in [9.17, 15) is 40.5 Å². The van der Waals surface area contributed by atoms with E-state index >= 15 is 0 Å². The molecule has 2 rings (SSSR count). The fourth-order valence-corrected chi connectivity index (χ4v) is 9.11. The molecular formula is C53H102O14. The summed E-state index contributed by atoms with van der Waals surface area (Å²) >= 11 is 0. The van der Waals surface area contributed by atoms with E-state index in [-0.39, 0.29) is 25.6 Å². The van der Waals surface area contributed by atoms with Crippen molar-refractivity contribution in [3.8, 4) is 0 Å². The van der Waals surface area contributed by atoms with Crippen molar-refractivity contribution in [1.29, 1.82) is 0 Å². The minimum absolute atomic E-state index is 0.0706. The Balaban J connectivity index is 1.73. The van der Waals surface area contributed by atoms with Crippen molar-refractivity contribution in [2.45, 2.75) is 300 Å². The molecule has 0 bridgehead atoms. The van der Waals surface area contributed by atoms with Gasteiger partial charge in [0.15, 0.2) is 12.6 Å². The van der Waals surface area contributed by atoms with Crippen LogP contribution in [0.4, 0.5) is 0 Å². The van der Waals surface area contributed by atoms with Gasteiger partial charge in [0, 0.05) is 13.0 Å². The van der Waals surface area contributed by atoms with Gasteiger partial charge in [-0.15, -0.1) is 0 Å². The van der Waals surface area contributed by atoms with Gasteiger partial charge in [-0.2, -0.15) is 0 Å². The molecule has 398 valence electrons. The van der Waals surface area contributed by atoms with E-state index in [0.717, 1.165) is 44.9 Å². The van der Waals surface area contributed by atoms with Crippen molar-refractivity contribution < 1.29 is 69.0 Å². The smallest absolute Gasteiger partial charge is 0.306 e. The zero-order chi connectivity index (χ0) is 48.7. The SMILES string of the molecule is CCCCCCCCCCCCCCCCCCCOCC(COC1OC(COC2OC(CO)C(O)C(O)C2O)C(O)C(O)C1O)OC(=O)CCCCCCCCCCCCCCCCCC. The van der Waals surface area contributed by atoms with Gasteiger partial charge < -0.3 is 64.2 Å². The van der Waals surface area contributed by atoms with Crippen molar-refractivity contribution >= 4 is 5.97 Å². The molecule has 14 nitrogen and oxygen atoms in total. The number of hydrogen-bond donors (Lipinski definition) is 7. The van der Waals surface area contributed by atoms with Gasteiger partial charge in [0.1, 0.15) is 54.9 Å². The van der Waals surface area contributed by atoms with Crippen molar-refractivity contribution in [2.75, 3.05) is 33.0 Å². The van der Waals surface area contributed by atoms with E-state index in [1.807, 2.05) is 0 Å². The van der Waals surface area contributed by atoms with E-state index in [1.165, 1.54) is 167 Å². The number of aliphatic hydroxyl groups is 7. The molecule has 0 aromatic carbocycles. The first-order valence-corrected chi connectivity index (χ1v) is 27.6. The normalized spacial score (nSPS) is 26.0. The van der Waals surface area contributed by atoms with Crippen LogP contribution in [0.1, 0.15) is 232 Å². The topological polar surface area (TPSA) is 214 Å². The molecule has 0 aromatic heterocycles. The van der Waals surface area contributed by atoms with Crippen molar-refractivity contribution in [3.05, 3.63) is 0 Å². The molecule has 0 spiro atoms. The molecule has 0 aliphatic carbocycles. The number of carbonyl (C=O) groups is 1. The van der Waals surface area contributed by atoms with Gasteiger partial charge in [-0.05, 0) is 12.8 Å². The summed E-state index contributed by atoms with van der Waals surface area (Å²) in [5, 5.41) is 72.2. The fourth-order valence-electron chi connectivity index (χ4n) is 9.11. The van der Waals surface area contributed by atoms with E-state index in [2.05, 4.69) is 13.8 Å². The van der Waals surface area contributed by atoms with Gasteiger partial charge in [-0.1, -0.05) is 213 Å². The molecular weight excluding hydrogens is 861 g/mol. The molecule has 2 fully saturated rings. The summed E-state index contributed by atoms with van der Waals surface area (Å²) in [5.74, 6) is -0.369. The molecule has 2 aliphatic heterocycles. The lowest BCUT2D eigenvalue weighted by molar-refractivity contribution is -0.332. The molecule has 11 atom stereocenters. The molecule has 2 heterocycles. The minimum Gasteiger partial charge on any atom is -0.457 e. The second-order valence-corrected chi connectivity index (χ2v) is 19.8. The van der Waals surface area contributed by atoms with Crippen molar-refractivity contribution in [3.63, 3.8) is 0 Å². The largest absolute Gasteiger partial charge is 0.457 e. The van der Waals surface area contributed by atoms with E-state index in [0.29, 0.717) is 6.61 Å². The molecule has 0 aromatic rings. The summed E-state index contributed by atoms with van der Waals surface area (Å²) in [6.07, 6.45) is 25.9. The molecule has 2 saturated heterocycles. The molecule has 11 unspecified atom stereocenters. The van der Waals surface area contributed by atoms with Crippen LogP contribution in [-0.2, 0) is 33.2 Å². The zero-order valence-electron chi connectivity index (χ0n) is 42.4. The first-order valence-electron chi connectivity index (χ1n) is 27.6. The van der Waals surface area contributed by atoms with Crippen LogP contribution in [-0.4, -0.2) is 142 Å². The van der Waals surface area contributed by atoms with Crippen LogP contribution in [0, 0.1) is 0 Å². The molecule has 0 radical (unpaired) electrons. The molecule has 67 heavy (non-hydrogen) atoms. The Morgan fingerprint density at radius 3 is 1.21 bits per heavy atom. The molecule has 0 amide bonds. The van der Waals surface area contributed by atoms with Crippen LogP contribution in [0.3, 0.4) is 0 Å². The number of esters is 1. The standard InChI is InChI=1S/C53H102O14/c1-3-5-7-9-11-13-15-17-19-21-23-25-27-29-31-33-35-37-62-39-42(65-45(55)36-34-32-30-28-26-24-22-20-18-16-14-12-10-8-6-4-2)40-63-52-51(61)49(59)47(57)44(67-52)41-64-53-50(60)48(58)46(56)43(38-54)66-53/h42-44,46-54,56-61H,3-41H2,1-2H3. The molecule has 0 saturated carbocycles. The molecule has 2 aliphatic rings. The number of aliphatic hydroxyl groups excluding tert-OH is 7. The zero-order valence-corrected chi connectivity index (χ0v) is 42.4. The second-order valence-electron chi connectivity index (χ2n) is 19.8. The van der Waals surface area contributed by atoms with Crippen molar-refractivity contribution in [2.24, 2.45) is 0 Å². The Morgan fingerprint density at radius 1 is 0.433 bits per heavy atom. The quantitative estimate of drug-likeness (QED) is 0.0224. The number of carbonyl (C=O) groups excluding carboxylic acids is 1. The Bertz CT molecular complexity index is 1120. The highest BCUT2D eigenvalue weighted by molar-refractivity contribution is 5.69. The Hall–Kier alpha value is -1.01. The summed E-state index contributed by atoms with van der Waals surface area (Å²) in [6.45, 7) is 3.75. The maximum Gasteiger partial charge on any atom is 0.306 e. The minimum atomic E-state index is -1.70. The number of rotatable bonds is 45. The van der Waals surface area contributed by atoms with E-state index in [1.54, 1.807) is 0 Å². The van der Waals surface area contributed by atoms with Gasteiger partial charge in [-0.3, -0.25) is 4.79 Å². The maximum atomic E-state index is 13.0. The predicted molar refractivity (Wildman–Crippen MR) is 261 cm³/mol. The predicted octanol–water partition coefficient (Wildman–Crippen LogP) is 8.86. The first-order chi connectivity index (χ1) is 32.6. The Kier molecular flexibility index (Phi) is 38.6. The number of ether oxygens (including phenoxy) is 6. The highest BCUT2D eigenvalue weighted by atomic mass is 16.7. The third-order valence-electron chi connectivity index (χ3n) is 13.6. The summed E-state index contributed by atoms with van der Waals surface area (Å²) in [4.78, 5) is 13.0. The molecule has 14 heteroatoms. The Morgan fingerprint density at radius 2 is 0.791 bits per heavy atom. The van der Waals surface area contributed by atoms with Gasteiger partial charge in [0.2, 0.25) is 0 Å². The van der Waals surface area contributed by atoms with Crippen LogP contribution >= 0.6 is 0 Å². The van der Waals surface area contributed by atoms with Crippen LogP contribution in [0.5, 0.6) is 0 Å². The average molecular weight is 963 g/mol. The average Bonchev–Trinajstić information content (AvgIpc) is 3.32. The van der Waals surface area contributed by atoms with Gasteiger partial charge in [-0.25, -0.2) is 0 Å². The van der Waals surface area contributed by atoms with Crippen LogP contribution in [0.25, 0.3) is 0 Å². The number of unbranched alkanes of at least 4 members (excludes halogenated alkanes) is 31. The third-order valence-corrected chi connectivity index (χ3v) is 13.6. The lowest BCUT2D eigenvalue weighted by Crippen LogP contribution is -2.61. The Labute approximate surface area is 406 Å². The monoisotopic (exact) mass is 963 g/mol. The van der Waals surface area contributed by atoms with E-state index in [4.69, 9.17) is 28.4 Å².